The molecule has 3 N–H and O–H groups in total. The van der Waals surface area contributed by atoms with Crippen LogP contribution in [0.15, 0.2) is 29.8 Å². The van der Waals surface area contributed by atoms with Crippen LogP contribution in [-0.2, 0) is 0 Å². The first-order valence-corrected chi connectivity index (χ1v) is 4.53. The van der Waals surface area contributed by atoms with Gasteiger partial charge in [0, 0.05) is 24.3 Å². The fraction of sp³-hybridized carbons (Fsp3) is 0.111. The molecule has 0 aliphatic carbocycles. The maximum absolute atomic E-state index is 8.60. The Morgan fingerprint density at radius 3 is 2.94 bits per heavy atom. The molecule has 2 aromatic heterocycles. The Labute approximate surface area is 91.3 Å². The molecule has 0 fully saturated rings. The van der Waals surface area contributed by atoms with E-state index in [1.165, 1.54) is 6.20 Å². The van der Waals surface area contributed by atoms with Crippen LogP contribution in [0.25, 0.3) is 5.95 Å². The monoisotopic (exact) mass is 218 g/mol. The summed E-state index contributed by atoms with van der Waals surface area (Å²) in [4.78, 5) is 12.3. The van der Waals surface area contributed by atoms with Gasteiger partial charge in [0.2, 0.25) is 11.8 Å². The van der Waals surface area contributed by atoms with E-state index >= 15 is 0 Å². The zero-order chi connectivity index (χ0) is 11.5. The van der Waals surface area contributed by atoms with Crippen LogP contribution in [0.2, 0.25) is 0 Å². The lowest BCUT2D eigenvalue weighted by molar-refractivity contribution is 0.318. The average molecular weight is 218 g/mol. The fourth-order valence-corrected chi connectivity index (χ4v) is 1.25. The number of rotatable bonds is 2. The van der Waals surface area contributed by atoms with Gasteiger partial charge in [0.05, 0.1) is 0 Å². The number of aromatic nitrogens is 4. The van der Waals surface area contributed by atoms with E-state index in [1.54, 1.807) is 23.0 Å². The quantitative estimate of drug-likeness (QED) is 0.321. The van der Waals surface area contributed by atoms with Crippen LogP contribution in [0.1, 0.15) is 11.5 Å². The molecule has 0 amide bonds. The minimum atomic E-state index is -0.0879. The summed E-state index contributed by atoms with van der Waals surface area (Å²) in [6.45, 7) is 1.85. The van der Waals surface area contributed by atoms with Gasteiger partial charge in [-0.15, -0.1) is 0 Å². The molecule has 2 aromatic rings. The second-order valence-corrected chi connectivity index (χ2v) is 3.10. The summed E-state index contributed by atoms with van der Waals surface area (Å²) in [7, 11) is 0. The predicted molar refractivity (Wildman–Crippen MR) is 56.4 cm³/mol. The normalized spacial score (nSPS) is 11.7. The molecule has 0 aliphatic rings. The van der Waals surface area contributed by atoms with Gasteiger partial charge in [-0.3, -0.25) is 4.57 Å². The Bertz CT molecular complexity index is 532. The van der Waals surface area contributed by atoms with E-state index in [2.05, 4.69) is 20.1 Å². The zero-order valence-electron chi connectivity index (χ0n) is 8.57. The van der Waals surface area contributed by atoms with Crippen molar-refractivity contribution in [1.82, 2.24) is 19.5 Å². The molecule has 0 unspecified atom stereocenters. The van der Waals surface area contributed by atoms with Crippen molar-refractivity contribution in [2.45, 2.75) is 6.92 Å². The van der Waals surface area contributed by atoms with Crippen molar-refractivity contribution in [2.24, 2.45) is 10.9 Å². The Balaban J connectivity index is 2.53. The van der Waals surface area contributed by atoms with Crippen molar-refractivity contribution < 1.29 is 5.21 Å². The van der Waals surface area contributed by atoms with Gasteiger partial charge in [-0.2, -0.15) is 0 Å². The number of nitrogens with zero attached hydrogens (tertiary/aromatic N) is 5. The molecule has 2 heterocycles. The average Bonchev–Trinajstić information content (AvgIpc) is 2.77. The summed E-state index contributed by atoms with van der Waals surface area (Å²) in [6, 6.07) is 1.78. The number of oxime groups is 1. The molecule has 7 nitrogen and oxygen atoms in total. The molecule has 82 valence electrons. The summed E-state index contributed by atoms with van der Waals surface area (Å²) < 4.78 is 1.54. The minimum Gasteiger partial charge on any atom is -0.409 e. The Hall–Kier alpha value is -2.44. The number of nitrogens with two attached hydrogens (primary N) is 1. The third kappa shape index (κ3) is 1.70. The molecule has 16 heavy (non-hydrogen) atoms. The second-order valence-electron chi connectivity index (χ2n) is 3.10. The lowest BCUT2D eigenvalue weighted by Crippen LogP contribution is -2.19. The Morgan fingerprint density at radius 2 is 2.25 bits per heavy atom. The molecule has 2 rings (SSSR count). The SMILES string of the molecule is Cc1ccnc(-n2ccnc2C(N)=NO)n1. The molecule has 0 aromatic carbocycles. The van der Waals surface area contributed by atoms with Gasteiger partial charge in [0.15, 0.2) is 5.82 Å². The van der Waals surface area contributed by atoms with Gasteiger partial charge in [0.1, 0.15) is 0 Å². The summed E-state index contributed by atoms with van der Waals surface area (Å²) in [5.74, 6) is 0.641. The summed E-state index contributed by atoms with van der Waals surface area (Å²) >= 11 is 0. The lowest BCUT2D eigenvalue weighted by atomic mass is 10.4. The van der Waals surface area contributed by atoms with E-state index in [1.807, 2.05) is 6.92 Å². The topological polar surface area (TPSA) is 102 Å². The number of hydrogen-bond donors (Lipinski definition) is 2. The minimum absolute atomic E-state index is 0.0879. The lowest BCUT2D eigenvalue weighted by Gasteiger charge is -2.04. The fourth-order valence-electron chi connectivity index (χ4n) is 1.25. The number of aryl methyl sites for hydroxylation is 1. The maximum Gasteiger partial charge on any atom is 0.235 e. The molecule has 7 heteroatoms. The third-order valence-corrected chi connectivity index (χ3v) is 1.98. The summed E-state index contributed by atoms with van der Waals surface area (Å²) in [5, 5.41) is 11.5. The Kier molecular flexibility index (Phi) is 2.50. The van der Waals surface area contributed by atoms with Crippen LogP contribution in [0.5, 0.6) is 0 Å². The molecule has 0 radical (unpaired) electrons. The molecule has 0 aliphatic heterocycles. The zero-order valence-corrected chi connectivity index (χ0v) is 8.57. The largest absolute Gasteiger partial charge is 0.409 e. The highest BCUT2D eigenvalue weighted by molar-refractivity contribution is 5.94. The molecule has 0 spiro atoms. The van der Waals surface area contributed by atoms with Crippen LogP contribution in [-0.4, -0.2) is 30.6 Å². The highest BCUT2D eigenvalue weighted by atomic mass is 16.4. The van der Waals surface area contributed by atoms with E-state index in [-0.39, 0.29) is 5.84 Å². The van der Waals surface area contributed by atoms with Gasteiger partial charge in [-0.05, 0) is 13.0 Å². The molecule has 0 saturated heterocycles. The summed E-state index contributed by atoms with van der Waals surface area (Å²) in [5.41, 5.74) is 6.30. The first kappa shape index (κ1) is 10.1. The van der Waals surface area contributed by atoms with Crippen LogP contribution >= 0.6 is 0 Å². The Morgan fingerprint density at radius 1 is 1.44 bits per heavy atom. The van der Waals surface area contributed by atoms with Gasteiger partial charge in [0.25, 0.3) is 0 Å². The molecule has 0 saturated carbocycles. The number of imidazole rings is 1. The van der Waals surface area contributed by atoms with Crippen LogP contribution in [0.3, 0.4) is 0 Å². The van der Waals surface area contributed by atoms with E-state index in [0.717, 1.165) is 5.69 Å². The van der Waals surface area contributed by atoms with Crippen LogP contribution in [0.4, 0.5) is 0 Å². The van der Waals surface area contributed by atoms with Crippen molar-refractivity contribution >= 4 is 5.84 Å². The molecule has 0 bridgehead atoms. The maximum atomic E-state index is 8.60. The molecule has 0 atom stereocenters. The predicted octanol–water partition coefficient (Wildman–Crippen LogP) is 0.0652. The van der Waals surface area contributed by atoms with Crippen molar-refractivity contribution in [1.29, 1.82) is 0 Å². The standard InChI is InChI=1S/C9H10N6O/c1-6-2-3-12-9(13-6)15-5-4-11-8(15)7(10)14-16/h2-5,16H,1H3,(H2,10,14). The molecular formula is C9H10N6O. The van der Waals surface area contributed by atoms with Gasteiger partial charge in [-0.25, -0.2) is 15.0 Å². The van der Waals surface area contributed by atoms with E-state index in [9.17, 15) is 0 Å². The third-order valence-electron chi connectivity index (χ3n) is 1.98. The molecular weight excluding hydrogens is 208 g/mol. The number of amidine groups is 1. The highest BCUT2D eigenvalue weighted by Gasteiger charge is 2.11. The van der Waals surface area contributed by atoms with Gasteiger partial charge < -0.3 is 10.9 Å². The number of hydrogen-bond acceptors (Lipinski definition) is 5. The second kappa shape index (κ2) is 3.97. The first-order chi connectivity index (χ1) is 7.72. The van der Waals surface area contributed by atoms with Crippen molar-refractivity contribution in [3.05, 3.63) is 36.2 Å². The van der Waals surface area contributed by atoms with Crippen molar-refractivity contribution in [3.63, 3.8) is 0 Å². The van der Waals surface area contributed by atoms with Crippen LogP contribution in [0, 0.1) is 6.92 Å². The highest BCUT2D eigenvalue weighted by Crippen LogP contribution is 2.05. The van der Waals surface area contributed by atoms with Crippen molar-refractivity contribution in [2.75, 3.05) is 0 Å². The van der Waals surface area contributed by atoms with E-state index in [4.69, 9.17) is 10.9 Å². The van der Waals surface area contributed by atoms with Crippen LogP contribution < -0.4 is 5.73 Å². The van der Waals surface area contributed by atoms with E-state index < -0.39 is 0 Å². The first-order valence-electron chi connectivity index (χ1n) is 4.53. The van der Waals surface area contributed by atoms with Crippen molar-refractivity contribution in [3.8, 4) is 5.95 Å². The smallest absolute Gasteiger partial charge is 0.235 e. The van der Waals surface area contributed by atoms with E-state index in [0.29, 0.717) is 11.8 Å². The van der Waals surface area contributed by atoms with Gasteiger partial charge >= 0.3 is 0 Å². The van der Waals surface area contributed by atoms with Gasteiger partial charge in [-0.1, -0.05) is 5.16 Å². The summed E-state index contributed by atoms with van der Waals surface area (Å²) in [6.07, 6.45) is 4.80.